The molecule has 2 rings (SSSR count). The number of guanidine groups is 1. The zero-order valence-electron chi connectivity index (χ0n) is 18.3. The molecule has 0 aromatic rings. The van der Waals surface area contributed by atoms with E-state index in [-0.39, 0.29) is 35.2 Å². The minimum absolute atomic E-state index is 0.0586. The SMILES string of the molecule is CN=C(NCC1(C(=O)N(C)C)CCCC1)NC1CCCC(C(=O)NC(C)C)C1. The average Bonchev–Trinajstić information content (AvgIpc) is 3.14. The van der Waals surface area contributed by atoms with Crippen molar-refractivity contribution in [3.05, 3.63) is 0 Å². The number of rotatable bonds is 6. The van der Waals surface area contributed by atoms with Crippen molar-refractivity contribution in [2.24, 2.45) is 16.3 Å². The Kier molecular flexibility index (Phi) is 8.13. The van der Waals surface area contributed by atoms with Crippen molar-refractivity contribution in [3.8, 4) is 0 Å². The fourth-order valence-corrected chi connectivity index (χ4v) is 4.59. The van der Waals surface area contributed by atoms with E-state index in [9.17, 15) is 9.59 Å². The van der Waals surface area contributed by atoms with E-state index < -0.39 is 0 Å². The maximum atomic E-state index is 12.7. The Hall–Kier alpha value is -1.79. The summed E-state index contributed by atoms with van der Waals surface area (Å²) >= 11 is 0. The van der Waals surface area contributed by atoms with Crippen molar-refractivity contribution < 1.29 is 9.59 Å². The van der Waals surface area contributed by atoms with E-state index in [1.54, 1.807) is 11.9 Å². The standard InChI is InChI=1S/C21H39N5O2/c1-15(2)24-18(27)16-9-8-10-17(13-16)25-20(22-3)23-14-21(11-6-7-12-21)19(28)26(4)5/h15-17H,6-14H2,1-5H3,(H,24,27)(H2,22,23,25). The molecule has 28 heavy (non-hydrogen) atoms. The molecule has 0 aromatic carbocycles. The number of nitrogens with zero attached hydrogens (tertiary/aromatic N) is 2. The highest BCUT2D eigenvalue weighted by atomic mass is 16.2. The Balaban J connectivity index is 1.91. The van der Waals surface area contributed by atoms with Gasteiger partial charge >= 0.3 is 0 Å². The quantitative estimate of drug-likeness (QED) is 0.475. The van der Waals surface area contributed by atoms with Gasteiger partial charge in [0.25, 0.3) is 0 Å². The fraction of sp³-hybridized carbons (Fsp3) is 0.857. The summed E-state index contributed by atoms with van der Waals surface area (Å²) in [7, 11) is 5.43. The van der Waals surface area contributed by atoms with Crippen LogP contribution in [-0.4, -0.2) is 62.4 Å². The van der Waals surface area contributed by atoms with Crippen LogP contribution in [0.4, 0.5) is 0 Å². The molecule has 2 amide bonds. The second-order valence-corrected chi connectivity index (χ2v) is 8.98. The van der Waals surface area contributed by atoms with E-state index in [1.807, 2.05) is 27.9 Å². The number of amides is 2. The fourth-order valence-electron chi connectivity index (χ4n) is 4.59. The van der Waals surface area contributed by atoms with Crippen molar-refractivity contribution >= 4 is 17.8 Å². The lowest BCUT2D eigenvalue weighted by Gasteiger charge is -2.33. The summed E-state index contributed by atoms with van der Waals surface area (Å²) in [6.07, 6.45) is 7.89. The lowest BCUT2D eigenvalue weighted by atomic mass is 9.84. The first-order chi connectivity index (χ1) is 13.3. The molecule has 7 heteroatoms. The average molecular weight is 394 g/mol. The van der Waals surface area contributed by atoms with Crippen LogP contribution in [0.1, 0.15) is 65.2 Å². The van der Waals surface area contributed by atoms with Crippen molar-refractivity contribution in [1.29, 1.82) is 0 Å². The van der Waals surface area contributed by atoms with E-state index in [2.05, 4.69) is 20.9 Å². The molecule has 0 heterocycles. The van der Waals surface area contributed by atoms with E-state index in [4.69, 9.17) is 0 Å². The van der Waals surface area contributed by atoms with Crippen molar-refractivity contribution in [2.45, 2.75) is 77.3 Å². The molecule has 2 saturated carbocycles. The van der Waals surface area contributed by atoms with Gasteiger partial charge in [-0.3, -0.25) is 14.6 Å². The highest BCUT2D eigenvalue weighted by molar-refractivity contribution is 5.85. The zero-order valence-corrected chi connectivity index (χ0v) is 18.3. The van der Waals surface area contributed by atoms with E-state index in [0.717, 1.165) is 57.3 Å². The summed E-state index contributed by atoms with van der Waals surface area (Å²) < 4.78 is 0. The van der Waals surface area contributed by atoms with Crippen LogP contribution < -0.4 is 16.0 Å². The summed E-state index contributed by atoms with van der Waals surface area (Å²) in [4.78, 5) is 31.2. The summed E-state index contributed by atoms with van der Waals surface area (Å²) in [6, 6.07) is 0.402. The third kappa shape index (κ3) is 5.85. The van der Waals surface area contributed by atoms with Crippen molar-refractivity contribution in [3.63, 3.8) is 0 Å². The smallest absolute Gasteiger partial charge is 0.230 e. The van der Waals surface area contributed by atoms with Gasteiger partial charge in [-0.1, -0.05) is 19.3 Å². The molecule has 0 aliphatic heterocycles. The van der Waals surface area contributed by atoms with Crippen LogP contribution in [0, 0.1) is 11.3 Å². The summed E-state index contributed by atoms with van der Waals surface area (Å²) in [6.45, 7) is 4.60. The Morgan fingerprint density at radius 1 is 1.14 bits per heavy atom. The van der Waals surface area contributed by atoms with Gasteiger partial charge in [0, 0.05) is 45.7 Å². The number of carbonyl (C=O) groups is 2. The summed E-state index contributed by atoms with van der Waals surface area (Å²) in [5, 5.41) is 9.93. The molecule has 2 unspecified atom stereocenters. The lowest BCUT2D eigenvalue weighted by molar-refractivity contribution is -0.138. The first-order valence-electron chi connectivity index (χ1n) is 10.8. The summed E-state index contributed by atoms with van der Waals surface area (Å²) in [5.74, 6) is 1.15. The first kappa shape index (κ1) is 22.5. The van der Waals surface area contributed by atoms with Gasteiger partial charge in [0.05, 0.1) is 5.41 Å². The Morgan fingerprint density at radius 3 is 2.39 bits per heavy atom. The van der Waals surface area contributed by atoms with Gasteiger partial charge in [-0.05, 0) is 46.0 Å². The molecule has 2 aliphatic rings. The normalized spacial score (nSPS) is 24.7. The van der Waals surface area contributed by atoms with Gasteiger partial charge in [0.1, 0.15) is 0 Å². The van der Waals surface area contributed by atoms with E-state index >= 15 is 0 Å². The highest BCUT2D eigenvalue weighted by Gasteiger charge is 2.42. The highest BCUT2D eigenvalue weighted by Crippen LogP contribution is 2.38. The second-order valence-electron chi connectivity index (χ2n) is 8.98. The Labute approximate surface area is 170 Å². The second kappa shape index (κ2) is 10.1. The molecule has 0 aromatic heterocycles. The van der Waals surface area contributed by atoms with Crippen molar-refractivity contribution in [1.82, 2.24) is 20.9 Å². The molecule has 160 valence electrons. The van der Waals surface area contributed by atoms with Crippen LogP contribution in [-0.2, 0) is 9.59 Å². The third-order valence-corrected chi connectivity index (χ3v) is 6.06. The molecule has 2 atom stereocenters. The van der Waals surface area contributed by atoms with Crippen molar-refractivity contribution in [2.75, 3.05) is 27.7 Å². The van der Waals surface area contributed by atoms with Gasteiger partial charge in [0.2, 0.25) is 11.8 Å². The monoisotopic (exact) mass is 393 g/mol. The maximum absolute atomic E-state index is 12.7. The van der Waals surface area contributed by atoms with E-state index in [1.165, 1.54) is 0 Å². The van der Waals surface area contributed by atoms with Crippen LogP contribution in [0.15, 0.2) is 4.99 Å². The topological polar surface area (TPSA) is 85.8 Å². The van der Waals surface area contributed by atoms with Crippen LogP contribution in [0.3, 0.4) is 0 Å². The number of aliphatic imine (C=N–C) groups is 1. The maximum Gasteiger partial charge on any atom is 0.230 e. The van der Waals surface area contributed by atoms with Gasteiger partial charge in [-0.25, -0.2) is 0 Å². The number of hydrogen-bond donors (Lipinski definition) is 3. The number of nitrogens with one attached hydrogen (secondary N) is 3. The third-order valence-electron chi connectivity index (χ3n) is 6.06. The molecule has 2 aliphatic carbocycles. The Morgan fingerprint density at radius 2 is 1.82 bits per heavy atom. The molecule has 7 nitrogen and oxygen atoms in total. The molecule has 0 radical (unpaired) electrons. The number of carbonyl (C=O) groups excluding carboxylic acids is 2. The van der Waals surface area contributed by atoms with Crippen LogP contribution in [0.2, 0.25) is 0 Å². The Bertz CT molecular complexity index is 567. The molecule has 3 N–H and O–H groups in total. The van der Waals surface area contributed by atoms with Gasteiger partial charge in [0.15, 0.2) is 5.96 Å². The first-order valence-corrected chi connectivity index (χ1v) is 10.8. The molecule has 0 bridgehead atoms. The summed E-state index contributed by atoms with van der Waals surface area (Å²) in [5.41, 5.74) is -0.326. The van der Waals surface area contributed by atoms with E-state index in [0.29, 0.717) is 6.54 Å². The molecule has 2 fully saturated rings. The van der Waals surface area contributed by atoms with Crippen LogP contribution >= 0.6 is 0 Å². The van der Waals surface area contributed by atoms with Gasteiger partial charge < -0.3 is 20.9 Å². The van der Waals surface area contributed by atoms with Gasteiger partial charge in [-0.15, -0.1) is 0 Å². The van der Waals surface area contributed by atoms with Gasteiger partial charge in [-0.2, -0.15) is 0 Å². The molecular weight excluding hydrogens is 354 g/mol. The minimum atomic E-state index is -0.326. The number of hydrogen-bond acceptors (Lipinski definition) is 3. The van der Waals surface area contributed by atoms with Crippen LogP contribution in [0.5, 0.6) is 0 Å². The zero-order chi connectivity index (χ0) is 20.7. The predicted molar refractivity (Wildman–Crippen MR) is 113 cm³/mol. The molecular formula is C21H39N5O2. The van der Waals surface area contributed by atoms with Crippen LogP contribution in [0.25, 0.3) is 0 Å². The largest absolute Gasteiger partial charge is 0.355 e. The lowest BCUT2D eigenvalue weighted by Crippen LogP contribution is -2.52. The molecule has 0 spiro atoms. The predicted octanol–water partition coefficient (Wildman–Crippen LogP) is 1.88. The minimum Gasteiger partial charge on any atom is -0.355 e. The molecule has 0 saturated heterocycles.